The van der Waals surface area contributed by atoms with Crippen LogP contribution in [0, 0.1) is 5.92 Å². The van der Waals surface area contributed by atoms with Crippen LogP contribution in [-0.4, -0.2) is 25.7 Å². The van der Waals surface area contributed by atoms with Crippen molar-refractivity contribution < 1.29 is 14.3 Å². The average molecular weight is 354 g/mol. The second kappa shape index (κ2) is 10.1. The van der Waals surface area contributed by atoms with Crippen molar-refractivity contribution in [3.63, 3.8) is 0 Å². The Kier molecular flexibility index (Phi) is 7.55. The highest BCUT2D eigenvalue weighted by atomic mass is 16.5. The molecule has 0 saturated heterocycles. The third kappa shape index (κ3) is 6.51. The Balaban J connectivity index is 1.84. The number of amides is 1. The molecule has 0 spiro atoms. The first-order valence-corrected chi connectivity index (χ1v) is 8.67. The Morgan fingerprint density at radius 2 is 1.85 bits per heavy atom. The summed E-state index contributed by atoms with van der Waals surface area (Å²) in [6, 6.07) is 14.8. The molecule has 26 heavy (non-hydrogen) atoms. The van der Waals surface area contributed by atoms with E-state index in [2.05, 4.69) is 31.1 Å². The molecule has 2 N–H and O–H groups in total. The molecule has 2 aromatic carbocycles. The summed E-state index contributed by atoms with van der Waals surface area (Å²) in [4.78, 5) is 12.1. The van der Waals surface area contributed by atoms with Gasteiger partial charge in [0.25, 0.3) is 0 Å². The predicted octanol–water partition coefficient (Wildman–Crippen LogP) is 4.34. The third-order valence-corrected chi connectivity index (χ3v) is 3.40. The van der Waals surface area contributed by atoms with Crippen LogP contribution >= 0.6 is 0 Å². The van der Waals surface area contributed by atoms with Crippen molar-refractivity contribution in [1.29, 1.82) is 0 Å². The SMILES string of the molecule is C=CCOc1ccccc1NCC(=O)Nc1ccc(OCC(C)C)cc1. The molecule has 0 aliphatic carbocycles. The number of hydrogen-bond donors (Lipinski definition) is 2. The summed E-state index contributed by atoms with van der Waals surface area (Å²) < 4.78 is 11.2. The van der Waals surface area contributed by atoms with Gasteiger partial charge in [-0.1, -0.05) is 38.6 Å². The standard InChI is InChI=1S/C21H26N2O3/c1-4-13-25-20-8-6-5-7-19(20)22-14-21(24)23-17-9-11-18(12-10-17)26-15-16(2)3/h4-12,16,22H,1,13-15H2,2-3H3,(H,23,24). The number of ether oxygens (including phenoxy) is 2. The largest absolute Gasteiger partial charge is 0.493 e. The summed E-state index contributed by atoms with van der Waals surface area (Å²) in [7, 11) is 0. The zero-order valence-corrected chi connectivity index (χ0v) is 15.3. The number of carbonyl (C=O) groups excluding carboxylic acids is 1. The molecule has 0 saturated carbocycles. The van der Waals surface area contributed by atoms with Crippen molar-refractivity contribution in [3.05, 3.63) is 61.2 Å². The van der Waals surface area contributed by atoms with Gasteiger partial charge >= 0.3 is 0 Å². The van der Waals surface area contributed by atoms with Gasteiger partial charge in [-0.25, -0.2) is 0 Å². The normalized spacial score (nSPS) is 10.3. The van der Waals surface area contributed by atoms with Crippen LogP contribution in [0.5, 0.6) is 11.5 Å². The molecule has 2 aromatic rings. The topological polar surface area (TPSA) is 59.6 Å². The molecule has 0 bridgehead atoms. The minimum atomic E-state index is -0.139. The van der Waals surface area contributed by atoms with Crippen LogP contribution in [0.15, 0.2) is 61.2 Å². The maximum Gasteiger partial charge on any atom is 0.243 e. The van der Waals surface area contributed by atoms with Gasteiger partial charge in [0, 0.05) is 5.69 Å². The molecule has 0 aromatic heterocycles. The predicted molar refractivity (Wildman–Crippen MR) is 106 cm³/mol. The number of anilines is 2. The zero-order chi connectivity index (χ0) is 18.8. The molecule has 0 aliphatic heterocycles. The van der Waals surface area contributed by atoms with Crippen LogP contribution in [0.1, 0.15) is 13.8 Å². The molecule has 0 aliphatic rings. The molecule has 0 radical (unpaired) electrons. The second-order valence-corrected chi connectivity index (χ2v) is 6.23. The van der Waals surface area contributed by atoms with Crippen molar-refractivity contribution >= 4 is 17.3 Å². The first-order valence-electron chi connectivity index (χ1n) is 8.67. The van der Waals surface area contributed by atoms with Crippen LogP contribution in [0.4, 0.5) is 11.4 Å². The summed E-state index contributed by atoms with van der Waals surface area (Å²) in [5, 5.41) is 5.94. The van der Waals surface area contributed by atoms with Gasteiger partial charge in [-0.15, -0.1) is 0 Å². The summed E-state index contributed by atoms with van der Waals surface area (Å²) in [5.74, 6) is 1.81. The summed E-state index contributed by atoms with van der Waals surface area (Å²) in [6.45, 7) is 9.05. The quantitative estimate of drug-likeness (QED) is 0.623. The zero-order valence-electron chi connectivity index (χ0n) is 15.3. The van der Waals surface area contributed by atoms with E-state index in [1.54, 1.807) is 6.08 Å². The molecule has 0 unspecified atom stereocenters. The lowest BCUT2D eigenvalue weighted by molar-refractivity contribution is -0.114. The maximum atomic E-state index is 12.1. The number of carbonyl (C=O) groups is 1. The van der Waals surface area contributed by atoms with Crippen LogP contribution in [0.3, 0.4) is 0 Å². The van der Waals surface area contributed by atoms with Gasteiger partial charge in [-0.05, 0) is 42.3 Å². The lowest BCUT2D eigenvalue weighted by atomic mass is 10.2. The second-order valence-electron chi connectivity index (χ2n) is 6.23. The van der Waals surface area contributed by atoms with Crippen LogP contribution in [0.2, 0.25) is 0 Å². The van der Waals surface area contributed by atoms with E-state index in [1.165, 1.54) is 0 Å². The number of nitrogens with one attached hydrogen (secondary N) is 2. The van der Waals surface area contributed by atoms with Crippen LogP contribution in [-0.2, 0) is 4.79 Å². The summed E-state index contributed by atoms with van der Waals surface area (Å²) >= 11 is 0. The van der Waals surface area contributed by atoms with E-state index in [0.717, 1.165) is 17.1 Å². The monoisotopic (exact) mass is 354 g/mol. The molecule has 0 atom stereocenters. The number of hydrogen-bond acceptors (Lipinski definition) is 4. The van der Waals surface area contributed by atoms with Crippen molar-refractivity contribution in [2.24, 2.45) is 5.92 Å². The first kappa shape index (κ1) is 19.4. The summed E-state index contributed by atoms with van der Waals surface area (Å²) in [5.41, 5.74) is 1.49. The molecular weight excluding hydrogens is 328 g/mol. The molecule has 0 fully saturated rings. The van der Waals surface area contributed by atoms with E-state index in [9.17, 15) is 4.79 Å². The Bertz CT molecular complexity index is 711. The van der Waals surface area contributed by atoms with Crippen LogP contribution < -0.4 is 20.1 Å². The van der Waals surface area contributed by atoms with Crippen molar-refractivity contribution in [2.45, 2.75) is 13.8 Å². The van der Waals surface area contributed by atoms with E-state index >= 15 is 0 Å². The molecule has 2 rings (SSSR count). The van der Waals surface area contributed by atoms with Crippen LogP contribution in [0.25, 0.3) is 0 Å². The fourth-order valence-electron chi connectivity index (χ4n) is 2.17. The molecule has 5 nitrogen and oxygen atoms in total. The van der Waals surface area contributed by atoms with Gasteiger partial charge in [0.05, 0.1) is 18.8 Å². The summed E-state index contributed by atoms with van der Waals surface area (Å²) in [6.07, 6.45) is 1.68. The number of benzene rings is 2. The third-order valence-electron chi connectivity index (χ3n) is 3.40. The van der Waals surface area contributed by atoms with Gasteiger partial charge < -0.3 is 20.1 Å². The minimum Gasteiger partial charge on any atom is -0.493 e. The van der Waals surface area contributed by atoms with Crippen molar-refractivity contribution in [2.75, 3.05) is 30.4 Å². The van der Waals surface area contributed by atoms with Gasteiger partial charge in [0.15, 0.2) is 0 Å². The van der Waals surface area contributed by atoms with Gasteiger partial charge in [0.2, 0.25) is 5.91 Å². The molecular formula is C21H26N2O3. The number of rotatable bonds is 10. The lowest BCUT2D eigenvalue weighted by Crippen LogP contribution is -2.22. The Morgan fingerprint density at radius 3 is 2.54 bits per heavy atom. The van der Waals surface area contributed by atoms with E-state index in [4.69, 9.17) is 9.47 Å². The average Bonchev–Trinajstić information content (AvgIpc) is 2.64. The fourth-order valence-corrected chi connectivity index (χ4v) is 2.17. The Labute approximate surface area is 155 Å². The lowest BCUT2D eigenvalue weighted by Gasteiger charge is -2.13. The van der Waals surface area contributed by atoms with Gasteiger partial charge in [-0.3, -0.25) is 4.79 Å². The number of para-hydroxylation sites is 2. The van der Waals surface area contributed by atoms with E-state index in [1.807, 2.05) is 48.5 Å². The molecule has 0 heterocycles. The highest BCUT2D eigenvalue weighted by Crippen LogP contribution is 2.23. The van der Waals surface area contributed by atoms with E-state index in [0.29, 0.717) is 24.9 Å². The van der Waals surface area contributed by atoms with Crippen molar-refractivity contribution in [1.82, 2.24) is 0 Å². The molecule has 1 amide bonds. The molecule has 5 heteroatoms. The van der Waals surface area contributed by atoms with Crippen molar-refractivity contribution in [3.8, 4) is 11.5 Å². The van der Waals surface area contributed by atoms with Gasteiger partial charge in [0.1, 0.15) is 18.1 Å². The fraction of sp³-hybridized carbons (Fsp3) is 0.286. The van der Waals surface area contributed by atoms with E-state index < -0.39 is 0 Å². The van der Waals surface area contributed by atoms with Gasteiger partial charge in [-0.2, -0.15) is 0 Å². The highest BCUT2D eigenvalue weighted by molar-refractivity contribution is 5.94. The van der Waals surface area contributed by atoms with E-state index in [-0.39, 0.29) is 12.5 Å². The highest BCUT2D eigenvalue weighted by Gasteiger charge is 2.06. The maximum absolute atomic E-state index is 12.1. The molecule has 138 valence electrons. The smallest absolute Gasteiger partial charge is 0.243 e. The minimum absolute atomic E-state index is 0.139. The Hall–Kier alpha value is -2.95. The Morgan fingerprint density at radius 1 is 1.12 bits per heavy atom. The first-order chi connectivity index (χ1) is 12.6.